The molecule has 2 aliphatic rings. The molecule has 0 radical (unpaired) electrons. The van der Waals surface area contributed by atoms with Crippen molar-refractivity contribution in [2.75, 3.05) is 65.3 Å². The molecule has 2 fully saturated rings. The summed E-state index contributed by atoms with van der Waals surface area (Å²) in [5.74, 6) is -3.83. The number of sulfone groups is 1. The number of pyridine rings is 2. The number of nitrogens with zero attached hydrogens (tertiary/aromatic N) is 7. The van der Waals surface area contributed by atoms with Crippen LogP contribution in [0.25, 0.3) is 0 Å². The number of rotatable bonds is 9. The van der Waals surface area contributed by atoms with Gasteiger partial charge in [-0.1, -0.05) is 23.2 Å². The monoisotopic (exact) mass is 966 g/mol. The third-order valence-corrected chi connectivity index (χ3v) is 11.2. The third-order valence-electron chi connectivity index (χ3n) is 9.73. The molecule has 0 unspecified atom stereocenters. The number of carbonyl (C=O) groups excluding carboxylic acids is 4. The molecule has 2 aliphatic heterocycles. The number of likely N-dealkylation sites (N-methyl/N-ethyl adjacent to an activating group) is 2. The van der Waals surface area contributed by atoms with Crippen LogP contribution in [0.2, 0.25) is 10.0 Å². The molecule has 0 bridgehead atoms. The van der Waals surface area contributed by atoms with Crippen LogP contribution in [0, 0.1) is 25.5 Å². The predicted octanol–water partition coefficient (Wildman–Crippen LogP) is 7.28. The average Bonchev–Trinajstić information content (AvgIpc) is 3.75. The highest BCUT2D eigenvalue weighted by atomic mass is 35.5. The fourth-order valence-electron chi connectivity index (χ4n) is 6.49. The number of carbonyl (C=O) groups is 4. The highest BCUT2D eigenvalue weighted by molar-refractivity contribution is 7.90. The summed E-state index contributed by atoms with van der Waals surface area (Å²) in [6.07, 6.45) is -8.40. The molecule has 0 spiro atoms. The molecule has 4 heterocycles. The first-order valence-corrected chi connectivity index (χ1v) is 21.3. The van der Waals surface area contributed by atoms with E-state index < -0.39 is 92.5 Å². The van der Waals surface area contributed by atoms with Gasteiger partial charge in [-0.25, -0.2) is 36.8 Å². The summed E-state index contributed by atoms with van der Waals surface area (Å²) in [5.41, 5.74) is -1.61. The van der Waals surface area contributed by atoms with E-state index in [1.807, 2.05) is 0 Å². The lowest BCUT2D eigenvalue weighted by atomic mass is 10.1. The fraction of sp³-hybridized carbons (Fsp3) is 0.333. The van der Waals surface area contributed by atoms with Gasteiger partial charge < -0.3 is 20.0 Å². The maximum absolute atomic E-state index is 13.6. The van der Waals surface area contributed by atoms with Gasteiger partial charge in [0.25, 0.3) is 11.8 Å². The van der Waals surface area contributed by atoms with Crippen LogP contribution in [-0.2, 0) is 31.8 Å². The summed E-state index contributed by atoms with van der Waals surface area (Å²) in [6, 6.07) is 6.03. The van der Waals surface area contributed by atoms with Crippen LogP contribution < -0.4 is 24.9 Å². The number of aromatic nitrogens is 2. The van der Waals surface area contributed by atoms with Crippen LogP contribution >= 0.6 is 23.2 Å². The molecule has 2 atom stereocenters. The third kappa shape index (κ3) is 11.3. The highest BCUT2D eigenvalue weighted by Crippen LogP contribution is 2.36. The molecule has 344 valence electrons. The number of hydrogen-bond acceptors (Lipinski definition) is 8. The minimum Gasteiger partial charge on any atom is -0.335 e. The van der Waals surface area contributed by atoms with E-state index in [9.17, 15) is 62.7 Å². The maximum Gasteiger partial charge on any atom is 0.416 e. The number of benzene rings is 2. The Hall–Kier alpha value is -5.81. The topological polar surface area (TPSA) is 156 Å². The minimum atomic E-state index is -4.73. The van der Waals surface area contributed by atoms with Crippen molar-refractivity contribution in [2.24, 2.45) is 0 Å². The van der Waals surface area contributed by atoms with Crippen molar-refractivity contribution in [3.63, 3.8) is 0 Å². The van der Waals surface area contributed by atoms with Crippen LogP contribution in [0.3, 0.4) is 0 Å². The zero-order chi connectivity index (χ0) is 47.8. The molecule has 64 heavy (non-hydrogen) atoms. The van der Waals surface area contributed by atoms with Crippen molar-refractivity contribution in [1.29, 1.82) is 0 Å². The zero-order valence-electron chi connectivity index (χ0n) is 34.0. The largest absolute Gasteiger partial charge is 0.416 e. The number of aryl methyl sites for hydroxylation is 2. The van der Waals surface area contributed by atoms with Crippen LogP contribution in [0.15, 0.2) is 60.7 Å². The van der Waals surface area contributed by atoms with Gasteiger partial charge in [0.05, 0.1) is 33.5 Å². The van der Waals surface area contributed by atoms with Crippen LogP contribution in [0.1, 0.15) is 22.5 Å². The van der Waals surface area contributed by atoms with Gasteiger partial charge in [-0.05, 0) is 74.5 Å². The number of halogens is 10. The molecular formula is C39H36Cl2F8N8O6S. The van der Waals surface area contributed by atoms with Gasteiger partial charge in [0, 0.05) is 56.2 Å². The van der Waals surface area contributed by atoms with Crippen LogP contribution in [-0.4, -0.2) is 105 Å². The van der Waals surface area contributed by atoms with Crippen molar-refractivity contribution in [2.45, 2.75) is 38.3 Å². The van der Waals surface area contributed by atoms with Gasteiger partial charge >= 0.3 is 24.4 Å². The van der Waals surface area contributed by atoms with E-state index in [1.165, 1.54) is 52.2 Å². The number of anilines is 4. The summed E-state index contributed by atoms with van der Waals surface area (Å²) in [5, 5.41) is 1.98. The SMILES string of the molecule is Cc1cc(C(F)(F)F)cc(N2C(=O)N(CCS(C)(=O)=O)C[C@H]2C(=O)N(C)c2ccc(F)c(Cl)c2)n1.Cc1cc(C(F)(F)F)cc(N2C(=O)NC[C@H]2C(=O)N(C)c2ccc(F)c(Cl)c2)n1. The highest BCUT2D eigenvalue weighted by Gasteiger charge is 2.46. The molecule has 0 saturated carbocycles. The fourth-order valence-corrected chi connectivity index (χ4v) is 7.39. The van der Waals surface area contributed by atoms with Crippen LogP contribution in [0.5, 0.6) is 0 Å². The van der Waals surface area contributed by atoms with E-state index in [-0.39, 0.29) is 58.3 Å². The van der Waals surface area contributed by atoms with E-state index >= 15 is 0 Å². The second-order valence-electron chi connectivity index (χ2n) is 14.5. The number of urea groups is 2. The lowest BCUT2D eigenvalue weighted by Gasteiger charge is -2.27. The second-order valence-corrected chi connectivity index (χ2v) is 17.6. The normalized spacial score (nSPS) is 16.7. The molecule has 6 amide bonds. The van der Waals surface area contributed by atoms with E-state index in [0.29, 0.717) is 12.1 Å². The minimum absolute atomic E-state index is 0.0397. The molecule has 2 aromatic heterocycles. The molecule has 25 heteroatoms. The van der Waals surface area contributed by atoms with Gasteiger partial charge in [-0.3, -0.25) is 19.4 Å². The maximum atomic E-state index is 13.6. The van der Waals surface area contributed by atoms with E-state index in [2.05, 4.69) is 15.3 Å². The van der Waals surface area contributed by atoms with Gasteiger partial charge in [0.2, 0.25) is 0 Å². The second kappa shape index (κ2) is 18.7. The summed E-state index contributed by atoms with van der Waals surface area (Å²) < 4.78 is 130. The molecule has 2 aromatic carbocycles. The Morgan fingerprint density at radius 3 is 1.61 bits per heavy atom. The summed E-state index contributed by atoms with van der Waals surface area (Å²) in [6.45, 7) is 1.96. The Balaban J connectivity index is 0.000000245. The van der Waals surface area contributed by atoms with E-state index in [0.717, 1.165) is 55.0 Å². The number of hydrogen-bond donors (Lipinski definition) is 1. The van der Waals surface area contributed by atoms with Gasteiger partial charge in [-0.2, -0.15) is 26.3 Å². The van der Waals surface area contributed by atoms with Crippen molar-refractivity contribution in [1.82, 2.24) is 20.2 Å². The van der Waals surface area contributed by atoms with E-state index in [1.54, 1.807) is 0 Å². The van der Waals surface area contributed by atoms with Crippen molar-refractivity contribution in [3.05, 3.63) is 105 Å². The molecule has 6 rings (SSSR count). The summed E-state index contributed by atoms with van der Waals surface area (Å²) >= 11 is 11.5. The van der Waals surface area contributed by atoms with Crippen molar-refractivity contribution in [3.8, 4) is 0 Å². The zero-order valence-corrected chi connectivity index (χ0v) is 36.4. The molecular weight excluding hydrogens is 931 g/mol. The quantitative estimate of drug-likeness (QED) is 0.172. The first-order valence-electron chi connectivity index (χ1n) is 18.5. The molecule has 0 aliphatic carbocycles. The smallest absolute Gasteiger partial charge is 0.335 e. The average molecular weight is 968 g/mol. The lowest BCUT2D eigenvalue weighted by Crippen LogP contribution is -2.47. The van der Waals surface area contributed by atoms with Gasteiger partial charge in [0.1, 0.15) is 45.2 Å². The van der Waals surface area contributed by atoms with E-state index in [4.69, 9.17) is 23.2 Å². The predicted molar refractivity (Wildman–Crippen MR) is 220 cm³/mol. The van der Waals surface area contributed by atoms with Gasteiger partial charge in [0.15, 0.2) is 0 Å². The lowest BCUT2D eigenvalue weighted by molar-refractivity contribution is -0.138. The summed E-state index contributed by atoms with van der Waals surface area (Å²) in [4.78, 5) is 64.8. The number of nitrogens with one attached hydrogen (secondary N) is 1. The molecule has 2 saturated heterocycles. The number of alkyl halides is 6. The van der Waals surface area contributed by atoms with Crippen molar-refractivity contribution < 1.29 is 62.7 Å². The first kappa shape index (κ1) is 49.2. The molecule has 14 nitrogen and oxygen atoms in total. The Bertz CT molecular complexity index is 2610. The Morgan fingerprint density at radius 1 is 0.750 bits per heavy atom. The number of amides is 6. The molecule has 1 N–H and O–H groups in total. The Morgan fingerprint density at radius 2 is 1.19 bits per heavy atom. The summed E-state index contributed by atoms with van der Waals surface area (Å²) in [7, 11) is -0.760. The van der Waals surface area contributed by atoms with Gasteiger partial charge in [-0.15, -0.1) is 0 Å². The first-order chi connectivity index (χ1) is 29.6. The standard InChI is InChI=1S/C21H21ClF4N4O4S.C18H15ClF4N4O2/c1-12-8-13(21(24,25)26)9-18(27-12)30-17(11-29(20(30)32)6-7-35(3,33)34)19(31)28(2)14-4-5-16(23)15(22)10-14;1-9-5-10(18(21,22)23)6-15(25-9)27-14(8-24-17(27)29)16(28)26(2)11-3-4-13(20)12(19)7-11/h4-5,8-10,17H,6-7,11H2,1-3H3;3-7,14H,8H2,1-2H3,(H,24,29)/t17-;14-/m00/s1. The Labute approximate surface area is 370 Å². The Kier molecular flexibility index (Phi) is 14.4. The molecule has 4 aromatic rings. The van der Waals surface area contributed by atoms with Crippen molar-refractivity contribution >= 4 is 79.9 Å². The van der Waals surface area contributed by atoms with Crippen LogP contribution in [0.4, 0.5) is 67.7 Å².